The number of nitrogens with zero attached hydrogens (tertiary/aromatic N) is 2. The lowest BCUT2D eigenvalue weighted by Gasteiger charge is -2.29. The molecule has 3 rings (SSSR count). The number of aliphatic imine (C=N–C) groups is 1. The zero-order valence-electron chi connectivity index (χ0n) is 11.4. The van der Waals surface area contributed by atoms with E-state index in [1.807, 2.05) is 0 Å². The Bertz CT molecular complexity index is 533. The van der Waals surface area contributed by atoms with Crippen molar-refractivity contribution < 1.29 is 13.2 Å². The minimum Gasteiger partial charge on any atom is -0.334 e. The second-order valence-corrected chi connectivity index (χ2v) is 6.51. The van der Waals surface area contributed by atoms with Gasteiger partial charge in [-0.05, 0) is 25.0 Å². The van der Waals surface area contributed by atoms with Gasteiger partial charge in [0.1, 0.15) is 5.69 Å². The molecule has 0 unspecified atom stereocenters. The molecule has 0 bridgehead atoms. The quantitative estimate of drug-likeness (QED) is 0.838. The molecule has 7 heteroatoms. The summed E-state index contributed by atoms with van der Waals surface area (Å²) >= 11 is 1.64. The van der Waals surface area contributed by atoms with Crippen LogP contribution in [0.15, 0.2) is 23.3 Å². The minimum atomic E-state index is -4.40. The third-order valence-corrected chi connectivity index (χ3v) is 5.05. The van der Waals surface area contributed by atoms with E-state index in [9.17, 15) is 13.2 Å². The first-order valence-corrected chi connectivity index (χ1v) is 7.98. The van der Waals surface area contributed by atoms with Crippen molar-refractivity contribution in [1.29, 1.82) is 0 Å². The number of thioether (sulfide) groups is 1. The molecule has 0 radical (unpaired) electrons. The van der Waals surface area contributed by atoms with Crippen LogP contribution in [0.25, 0.3) is 0 Å². The van der Waals surface area contributed by atoms with Gasteiger partial charge in [0, 0.05) is 5.75 Å². The maximum absolute atomic E-state index is 12.5. The summed E-state index contributed by atoms with van der Waals surface area (Å²) in [6, 6.07) is 2.38. The summed E-state index contributed by atoms with van der Waals surface area (Å²) in [5.41, 5.74) is -0.287. The molecule has 1 N–H and O–H groups in total. The van der Waals surface area contributed by atoms with Crippen LogP contribution in [0.3, 0.4) is 0 Å². The van der Waals surface area contributed by atoms with Crippen molar-refractivity contribution in [2.24, 2.45) is 4.99 Å². The number of hydrogen-bond donors (Lipinski definition) is 1. The third kappa shape index (κ3) is 3.33. The van der Waals surface area contributed by atoms with Gasteiger partial charge in [-0.25, -0.2) is 4.98 Å². The van der Waals surface area contributed by atoms with E-state index >= 15 is 0 Å². The molecule has 1 aliphatic carbocycles. The molecule has 1 aromatic rings. The fourth-order valence-corrected chi connectivity index (χ4v) is 3.98. The van der Waals surface area contributed by atoms with Gasteiger partial charge in [0.15, 0.2) is 5.17 Å². The maximum Gasteiger partial charge on any atom is 0.433 e. The van der Waals surface area contributed by atoms with Gasteiger partial charge >= 0.3 is 6.18 Å². The number of alkyl halides is 3. The standard InChI is InChI=1S/C14H16F3N3S/c15-14(16,17)11-5-4-10(8-18-11)19-12-20-13(9-21-12)6-2-1-3-7-13/h4-5,8H,1-3,6-7,9H2,(H,19,20). The Hall–Kier alpha value is -1.24. The topological polar surface area (TPSA) is 37.3 Å². The molecule has 0 aromatic carbocycles. The molecular formula is C14H16F3N3S. The summed E-state index contributed by atoms with van der Waals surface area (Å²) in [5, 5.41) is 3.86. The highest BCUT2D eigenvalue weighted by Crippen LogP contribution is 2.40. The number of amidine groups is 1. The maximum atomic E-state index is 12.5. The van der Waals surface area contributed by atoms with Crippen LogP contribution in [0.1, 0.15) is 37.8 Å². The van der Waals surface area contributed by atoms with Crippen LogP contribution in [0, 0.1) is 0 Å². The van der Waals surface area contributed by atoms with Crippen molar-refractivity contribution in [3.8, 4) is 0 Å². The van der Waals surface area contributed by atoms with Gasteiger partial charge in [0.2, 0.25) is 0 Å². The minimum absolute atomic E-state index is 0.0462. The number of pyridine rings is 1. The Morgan fingerprint density at radius 2 is 1.90 bits per heavy atom. The Labute approximate surface area is 125 Å². The second kappa shape index (κ2) is 5.51. The van der Waals surface area contributed by atoms with Crippen molar-refractivity contribution in [2.75, 3.05) is 11.1 Å². The lowest BCUT2D eigenvalue weighted by Crippen LogP contribution is -2.29. The summed E-state index contributed by atoms with van der Waals surface area (Å²) < 4.78 is 37.4. The van der Waals surface area contributed by atoms with Crippen LogP contribution in [0.4, 0.5) is 18.9 Å². The predicted octanol–water partition coefficient (Wildman–Crippen LogP) is 4.32. The highest BCUT2D eigenvalue weighted by molar-refractivity contribution is 8.14. The fraction of sp³-hybridized carbons (Fsp3) is 0.571. The van der Waals surface area contributed by atoms with Crippen molar-refractivity contribution >= 4 is 22.6 Å². The fourth-order valence-electron chi connectivity index (χ4n) is 2.77. The molecule has 3 nitrogen and oxygen atoms in total. The molecule has 0 atom stereocenters. The number of halogens is 3. The van der Waals surface area contributed by atoms with Gasteiger partial charge in [-0.1, -0.05) is 31.0 Å². The first-order valence-electron chi connectivity index (χ1n) is 7.00. The molecule has 114 valence electrons. The lowest BCUT2D eigenvalue weighted by molar-refractivity contribution is -0.141. The van der Waals surface area contributed by atoms with Crippen LogP contribution in [0.2, 0.25) is 0 Å². The molecule has 2 heterocycles. The van der Waals surface area contributed by atoms with E-state index in [0.717, 1.165) is 29.8 Å². The number of nitrogens with one attached hydrogen (secondary N) is 1. The Balaban J connectivity index is 1.68. The highest BCUT2D eigenvalue weighted by atomic mass is 32.2. The average molecular weight is 315 g/mol. The number of aromatic nitrogens is 1. The Morgan fingerprint density at radius 1 is 1.14 bits per heavy atom. The zero-order chi connectivity index (χ0) is 14.9. The molecule has 0 saturated heterocycles. The van der Waals surface area contributed by atoms with Crippen LogP contribution in [0.5, 0.6) is 0 Å². The van der Waals surface area contributed by atoms with Gasteiger partial charge in [0.05, 0.1) is 17.4 Å². The number of hydrogen-bond acceptors (Lipinski definition) is 4. The van der Waals surface area contributed by atoms with E-state index in [4.69, 9.17) is 4.99 Å². The number of anilines is 1. The normalized spacial score (nSPS) is 21.4. The first-order chi connectivity index (χ1) is 9.97. The van der Waals surface area contributed by atoms with Gasteiger partial charge in [-0.3, -0.25) is 4.99 Å². The van der Waals surface area contributed by atoms with E-state index in [1.165, 1.54) is 31.5 Å². The van der Waals surface area contributed by atoms with Crippen molar-refractivity contribution in [2.45, 2.75) is 43.8 Å². The van der Waals surface area contributed by atoms with Crippen molar-refractivity contribution in [1.82, 2.24) is 4.98 Å². The smallest absolute Gasteiger partial charge is 0.334 e. The molecule has 1 aromatic heterocycles. The summed E-state index contributed by atoms with van der Waals surface area (Å²) in [6.07, 6.45) is 2.71. The van der Waals surface area contributed by atoms with Crippen LogP contribution < -0.4 is 5.32 Å². The molecular weight excluding hydrogens is 299 g/mol. The average Bonchev–Trinajstić information content (AvgIpc) is 2.82. The molecule has 2 aliphatic rings. The van der Waals surface area contributed by atoms with Crippen molar-refractivity contribution in [3.05, 3.63) is 24.0 Å². The van der Waals surface area contributed by atoms with E-state index < -0.39 is 11.9 Å². The van der Waals surface area contributed by atoms with E-state index in [2.05, 4.69) is 10.3 Å². The molecule has 1 spiro atoms. The summed E-state index contributed by atoms with van der Waals surface area (Å²) in [7, 11) is 0. The van der Waals surface area contributed by atoms with Crippen molar-refractivity contribution in [3.63, 3.8) is 0 Å². The van der Waals surface area contributed by atoms with E-state index in [1.54, 1.807) is 11.8 Å². The van der Waals surface area contributed by atoms with Gasteiger partial charge in [-0.2, -0.15) is 13.2 Å². The molecule has 21 heavy (non-hydrogen) atoms. The lowest BCUT2D eigenvalue weighted by atomic mass is 9.84. The summed E-state index contributed by atoms with van der Waals surface area (Å²) in [5.74, 6) is 0.962. The Morgan fingerprint density at radius 3 is 2.52 bits per heavy atom. The SMILES string of the molecule is FC(F)(F)c1ccc(NC2=NC3(CCCCC3)CS2)cn1. The van der Waals surface area contributed by atoms with Crippen LogP contribution in [-0.4, -0.2) is 21.4 Å². The van der Waals surface area contributed by atoms with Crippen LogP contribution >= 0.6 is 11.8 Å². The highest BCUT2D eigenvalue weighted by Gasteiger charge is 2.37. The monoisotopic (exact) mass is 315 g/mol. The zero-order valence-corrected chi connectivity index (χ0v) is 12.2. The second-order valence-electron chi connectivity index (χ2n) is 5.55. The molecule has 0 amide bonds. The van der Waals surface area contributed by atoms with Crippen LogP contribution in [-0.2, 0) is 6.18 Å². The predicted molar refractivity (Wildman–Crippen MR) is 78.6 cm³/mol. The van der Waals surface area contributed by atoms with E-state index in [-0.39, 0.29) is 5.54 Å². The van der Waals surface area contributed by atoms with Gasteiger partial charge in [0.25, 0.3) is 0 Å². The van der Waals surface area contributed by atoms with E-state index in [0.29, 0.717) is 5.69 Å². The molecule has 1 aliphatic heterocycles. The first kappa shape index (κ1) is 14.7. The largest absolute Gasteiger partial charge is 0.433 e. The number of rotatable bonds is 1. The molecule has 1 fully saturated rings. The summed E-state index contributed by atoms with van der Waals surface area (Å²) in [6.45, 7) is 0. The third-order valence-electron chi connectivity index (χ3n) is 3.91. The molecule has 1 saturated carbocycles. The Kier molecular flexibility index (Phi) is 3.86. The van der Waals surface area contributed by atoms with Gasteiger partial charge in [-0.15, -0.1) is 0 Å². The van der Waals surface area contributed by atoms with Gasteiger partial charge < -0.3 is 5.32 Å². The summed E-state index contributed by atoms with van der Waals surface area (Å²) in [4.78, 5) is 8.21.